The molecule has 0 aliphatic carbocycles. The standard InChI is InChI=1S/C19H28F3NO6S/c1-4-5-6-7-13-27-17(24)23-15-8-10-16(11-9-15)29-18(2,3)12-14-28-30(25,26)19(20,21)22/h8-11H,4-7,12-14H2,1-3H3,(H,23,24). The molecule has 0 spiro atoms. The Bertz CT molecular complexity index is 763. The number of hydrogen-bond donors (Lipinski definition) is 1. The third kappa shape index (κ3) is 9.66. The molecule has 0 radical (unpaired) electrons. The Labute approximate surface area is 175 Å². The lowest BCUT2D eigenvalue weighted by molar-refractivity contribution is -0.0553. The summed E-state index contributed by atoms with van der Waals surface area (Å²) < 4.78 is 73.3. The number of halogens is 3. The van der Waals surface area contributed by atoms with Crippen LogP contribution in [0.15, 0.2) is 24.3 Å². The number of nitrogens with one attached hydrogen (secondary N) is 1. The Kier molecular flexibility index (Phi) is 9.89. The van der Waals surface area contributed by atoms with E-state index in [9.17, 15) is 26.4 Å². The van der Waals surface area contributed by atoms with Gasteiger partial charge < -0.3 is 9.47 Å². The van der Waals surface area contributed by atoms with Crippen LogP contribution in [0.3, 0.4) is 0 Å². The Morgan fingerprint density at radius 3 is 2.23 bits per heavy atom. The third-order valence-corrected chi connectivity index (χ3v) is 5.00. The van der Waals surface area contributed by atoms with Crippen molar-refractivity contribution in [3.05, 3.63) is 24.3 Å². The molecule has 0 atom stereocenters. The van der Waals surface area contributed by atoms with E-state index in [1.54, 1.807) is 38.1 Å². The second kappa shape index (κ2) is 11.4. The van der Waals surface area contributed by atoms with Gasteiger partial charge in [0.1, 0.15) is 11.4 Å². The smallest absolute Gasteiger partial charge is 0.488 e. The molecule has 0 fully saturated rings. The maximum absolute atomic E-state index is 12.3. The third-order valence-electron chi connectivity index (χ3n) is 3.95. The Hall–Kier alpha value is -2.01. The van der Waals surface area contributed by atoms with E-state index >= 15 is 0 Å². The van der Waals surface area contributed by atoms with E-state index in [1.165, 1.54) is 0 Å². The van der Waals surface area contributed by atoms with Gasteiger partial charge in [0, 0.05) is 12.1 Å². The summed E-state index contributed by atoms with van der Waals surface area (Å²) in [6, 6.07) is 6.28. The zero-order valence-electron chi connectivity index (χ0n) is 17.3. The first-order valence-corrected chi connectivity index (χ1v) is 11.0. The zero-order valence-corrected chi connectivity index (χ0v) is 18.1. The predicted octanol–water partition coefficient (Wildman–Crippen LogP) is 5.23. The molecule has 1 rings (SSSR count). The number of ether oxygens (including phenoxy) is 2. The molecular formula is C19H28F3NO6S. The fraction of sp³-hybridized carbons (Fsp3) is 0.632. The van der Waals surface area contributed by atoms with Gasteiger partial charge in [0.05, 0.1) is 13.2 Å². The number of alkyl halides is 3. The van der Waals surface area contributed by atoms with Crippen LogP contribution in [0.25, 0.3) is 0 Å². The lowest BCUT2D eigenvalue weighted by Crippen LogP contribution is -2.32. The lowest BCUT2D eigenvalue weighted by atomic mass is 10.1. The van der Waals surface area contributed by atoms with Crippen molar-refractivity contribution in [1.82, 2.24) is 0 Å². The van der Waals surface area contributed by atoms with Crippen LogP contribution < -0.4 is 10.1 Å². The van der Waals surface area contributed by atoms with Gasteiger partial charge in [0.25, 0.3) is 0 Å². The van der Waals surface area contributed by atoms with Gasteiger partial charge in [-0.05, 0) is 44.5 Å². The van der Waals surface area contributed by atoms with Crippen LogP contribution in [-0.4, -0.2) is 38.8 Å². The summed E-state index contributed by atoms with van der Waals surface area (Å²) in [7, 11) is -5.63. The van der Waals surface area contributed by atoms with E-state index in [-0.39, 0.29) is 6.42 Å². The van der Waals surface area contributed by atoms with Gasteiger partial charge in [-0.1, -0.05) is 26.2 Å². The molecule has 0 aliphatic rings. The highest BCUT2D eigenvalue weighted by molar-refractivity contribution is 7.87. The molecule has 7 nitrogen and oxygen atoms in total. The van der Waals surface area contributed by atoms with E-state index in [1.807, 2.05) is 0 Å². The van der Waals surface area contributed by atoms with Crippen molar-refractivity contribution < 1.29 is 40.0 Å². The maximum atomic E-state index is 12.3. The molecule has 0 heterocycles. The molecule has 0 unspecified atom stereocenters. The number of anilines is 1. The minimum Gasteiger partial charge on any atom is -0.488 e. The first kappa shape index (κ1) is 26.0. The van der Waals surface area contributed by atoms with E-state index in [2.05, 4.69) is 16.4 Å². The van der Waals surface area contributed by atoms with Crippen molar-refractivity contribution in [3.8, 4) is 5.75 Å². The number of rotatable bonds is 12. The lowest BCUT2D eigenvalue weighted by Gasteiger charge is -2.26. The Morgan fingerprint density at radius 2 is 1.67 bits per heavy atom. The fourth-order valence-electron chi connectivity index (χ4n) is 2.29. The van der Waals surface area contributed by atoms with E-state index in [0.29, 0.717) is 18.0 Å². The van der Waals surface area contributed by atoms with Crippen molar-refractivity contribution in [2.45, 2.75) is 64.0 Å². The number of unbranched alkanes of at least 4 members (excludes halogenated alkanes) is 3. The molecule has 0 aromatic heterocycles. The minimum absolute atomic E-state index is 0.104. The molecule has 172 valence electrons. The van der Waals surface area contributed by atoms with Crippen molar-refractivity contribution in [2.24, 2.45) is 0 Å². The average molecular weight is 455 g/mol. The van der Waals surface area contributed by atoms with Gasteiger partial charge in [-0.2, -0.15) is 21.6 Å². The maximum Gasteiger partial charge on any atom is 0.523 e. The quantitative estimate of drug-likeness (QED) is 0.264. The summed E-state index contributed by atoms with van der Waals surface area (Å²) in [5, 5.41) is 2.58. The van der Waals surface area contributed by atoms with E-state index in [0.717, 1.165) is 25.7 Å². The highest BCUT2D eigenvalue weighted by atomic mass is 32.2. The first-order valence-electron chi connectivity index (χ1n) is 9.55. The van der Waals surface area contributed by atoms with Gasteiger partial charge >= 0.3 is 21.7 Å². The Balaban J connectivity index is 2.46. The highest BCUT2D eigenvalue weighted by Gasteiger charge is 2.47. The van der Waals surface area contributed by atoms with Crippen LogP contribution in [0.2, 0.25) is 0 Å². The summed E-state index contributed by atoms with van der Waals surface area (Å²) in [6.07, 6.45) is 3.32. The van der Waals surface area contributed by atoms with Crippen molar-refractivity contribution in [2.75, 3.05) is 18.5 Å². The normalized spacial score (nSPS) is 12.5. The van der Waals surface area contributed by atoms with E-state index < -0.39 is 33.9 Å². The molecule has 30 heavy (non-hydrogen) atoms. The highest BCUT2D eigenvalue weighted by Crippen LogP contribution is 2.27. The SMILES string of the molecule is CCCCCCOC(=O)Nc1ccc(OC(C)(C)CCOS(=O)(=O)C(F)(F)F)cc1. The zero-order chi connectivity index (χ0) is 22.8. The molecule has 1 amide bonds. The van der Waals surface area contributed by atoms with Crippen LogP contribution in [0.5, 0.6) is 5.75 Å². The number of hydrogen-bond acceptors (Lipinski definition) is 6. The second-order valence-corrected chi connectivity index (χ2v) is 8.79. The van der Waals surface area contributed by atoms with Gasteiger partial charge in [0.2, 0.25) is 0 Å². The molecule has 0 saturated carbocycles. The molecule has 0 saturated heterocycles. The topological polar surface area (TPSA) is 90.9 Å². The summed E-state index contributed by atoms with van der Waals surface area (Å²) in [5.41, 5.74) is -5.97. The van der Waals surface area contributed by atoms with Gasteiger partial charge in [-0.15, -0.1) is 0 Å². The first-order chi connectivity index (χ1) is 13.9. The fourth-order valence-corrected chi connectivity index (χ4v) is 2.72. The molecule has 1 aromatic carbocycles. The van der Waals surface area contributed by atoms with Crippen LogP contribution >= 0.6 is 0 Å². The van der Waals surface area contributed by atoms with Gasteiger partial charge in [-0.3, -0.25) is 9.50 Å². The molecule has 11 heteroatoms. The summed E-state index contributed by atoms with van der Waals surface area (Å²) in [6.45, 7) is 4.91. The monoisotopic (exact) mass is 455 g/mol. The number of carbonyl (C=O) groups excluding carboxylic acids is 1. The number of carbonyl (C=O) groups is 1. The minimum atomic E-state index is -5.63. The number of amides is 1. The van der Waals surface area contributed by atoms with E-state index in [4.69, 9.17) is 9.47 Å². The van der Waals surface area contributed by atoms with Crippen LogP contribution in [0, 0.1) is 0 Å². The van der Waals surface area contributed by atoms with Gasteiger partial charge in [0.15, 0.2) is 0 Å². The molecule has 0 aliphatic heterocycles. The molecular weight excluding hydrogens is 427 g/mol. The molecule has 1 aromatic rings. The van der Waals surface area contributed by atoms with Gasteiger partial charge in [-0.25, -0.2) is 4.79 Å². The van der Waals surface area contributed by atoms with Crippen LogP contribution in [0.4, 0.5) is 23.7 Å². The largest absolute Gasteiger partial charge is 0.523 e. The average Bonchev–Trinajstić information content (AvgIpc) is 2.61. The van der Waals surface area contributed by atoms with Crippen LogP contribution in [-0.2, 0) is 19.0 Å². The van der Waals surface area contributed by atoms with Crippen LogP contribution in [0.1, 0.15) is 52.9 Å². The Morgan fingerprint density at radius 1 is 1.03 bits per heavy atom. The summed E-state index contributed by atoms with van der Waals surface area (Å²) in [5.74, 6) is 0.386. The second-order valence-electron chi connectivity index (χ2n) is 7.18. The van der Waals surface area contributed by atoms with Crippen molar-refractivity contribution in [1.29, 1.82) is 0 Å². The molecule has 1 N–H and O–H groups in total. The predicted molar refractivity (Wildman–Crippen MR) is 106 cm³/mol. The molecule has 0 bridgehead atoms. The summed E-state index contributed by atoms with van der Waals surface area (Å²) in [4.78, 5) is 11.7. The number of benzene rings is 1. The summed E-state index contributed by atoms with van der Waals surface area (Å²) >= 11 is 0. The van der Waals surface area contributed by atoms with Crippen molar-refractivity contribution >= 4 is 21.9 Å². The van der Waals surface area contributed by atoms with Crippen molar-refractivity contribution in [3.63, 3.8) is 0 Å².